The Hall–Kier alpha value is -1.35. The van der Waals surface area contributed by atoms with Gasteiger partial charge < -0.3 is 11.1 Å². The van der Waals surface area contributed by atoms with Crippen molar-refractivity contribution in [3.63, 3.8) is 0 Å². The van der Waals surface area contributed by atoms with E-state index in [-0.39, 0.29) is 11.3 Å². The van der Waals surface area contributed by atoms with Gasteiger partial charge in [0, 0.05) is 13.1 Å². The van der Waals surface area contributed by atoms with E-state index in [1.807, 2.05) is 0 Å². The van der Waals surface area contributed by atoms with E-state index in [4.69, 9.17) is 5.73 Å². The standard InChI is InChI=1S/C14H20N2O/c1-2-11-3-5-12(6-4-11)9-16-13(17)14(10-15)7-8-14/h3-6H,2,7-10,15H2,1H3,(H,16,17). The first kappa shape index (κ1) is 12.1. The lowest BCUT2D eigenvalue weighted by Crippen LogP contribution is -2.36. The minimum atomic E-state index is -0.247. The van der Waals surface area contributed by atoms with E-state index in [0.29, 0.717) is 13.1 Å². The van der Waals surface area contributed by atoms with Gasteiger partial charge in [0.05, 0.1) is 5.41 Å². The number of hydrogen-bond acceptors (Lipinski definition) is 2. The lowest BCUT2D eigenvalue weighted by atomic mass is 10.1. The zero-order valence-electron chi connectivity index (χ0n) is 10.3. The van der Waals surface area contributed by atoms with Crippen molar-refractivity contribution in [1.29, 1.82) is 0 Å². The highest BCUT2D eigenvalue weighted by atomic mass is 16.2. The van der Waals surface area contributed by atoms with Crippen LogP contribution in [0.25, 0.3) is 0 Å². The van der Waals surface area contributed by atoms with Crippen LogP contribution < -0.4 is 11.1 Å². The number of amides is 1. The third kappa shape index (κ3) is 2.67. The van der Waals surface area contributed by atoms with Crippen LogP contribution in [0.5, 0.6) is 0 Å². The number of carbonyl (C=O) groups excluding carboxylic acids is 1. The summed E-state index contributed by atoms with van der Waals surface area (Å²) in [6.07, 6.45) is 2.91. The number of benzene rings is 1. The minimum absolute atomic E-state index is 0.111. The highest BCUT2D eigenvalue weighted by Gasteiger charge is 2.48. The zero-order valence-corrected chi connectivity index (χ0v) is 10.3. The topological polar surface area (TPSA) is 55.1 Å². The van der Waals surface area contributed by atoms with Crippen molar-refractivity contribution in [2.75, 3.05) is 6.54 Å². The van der Waals surface area contributed by atoms with Gasteiger partial charge in [-0.2, -0.15) is 0 Å². The Kier molecular flexibility index (Phi) is 3.48. The Balaban J connectivity index is 1.87. The summed E-state index contributed by atoms with van der Waals surface area (Å²) in [4.78, 5) is 11.9. The van der Waals surface area contributed by atoms with Gasteiger partial charge in [-0.1, -0.05) is 31.2 Å². The largest absolute Gasteiger partial charge is 0.352 e. The molecule has 0 atom stereocenters. The molecule has 0 saturated heterocycles. The van der Waals surface area contributed by atoms with Gasteiger partial charge in [0.2, 0.25) is 5.91 Å². The molecule has 1 aliphatic carbocycles. The number of rotatable bonds is 5. The normalized spacial score (nSPS) is 16.6. The molecule has 1 saturated carbocycles. The molecule has 3 heteroatoms. The van der Waals surface area contributed by atoms with Crippen LogP contribution in [0.2, 0.25) is 0 Å². The highest BCUT2D eigenvalue weighted by Crippen LogP contribution is 2.44. The molecule has 0 radical (unpaired) electrons. The highest BCUT2D eigenvalue weighted by molar-refractivity contribution is 5.85. The smallest absolute Gasteiger partial charge is 0.227 e. The summed E-state index contributed by atoms with van der Waals surface area (Å²) in [6.45, 7) is 3.20. The molecular weight excluding hydrogens is 212 g/mol. The molecule has 1 aromatic rings. The summed E-state index contributed by atoms with van der Waals surface area (Å²) < 4.78 is 0. The van der Waals surface area contributed by atoms with Gasteiger partial charge >= 0.3 is 0 Å². The van der Waals surface area contributed by atoms with Crippen LogP contribution in [0.1, 0.15) is 30.9 Å². The monoisotopic (exact) mass is 232 g/mol. The summed E-state index contributed by atoms with van der Waals surface area (Å²) >= 11 is 0. The molecule has 0 spiro atoms. The summed E-state index contributed by atoms with van der Waals surface area (Å²) in [7, 11) is 0. The summed E-state index contributed by atoms with van der Waals surface area (Å²) in [5.41, 5.74) is 7.83. The maximum absolute atomic E-state index is 11.9. The van der Waals surface area contributed by atoms with Gasteiger partial charge in [-0.3, -0.25) is 4.79 Å². The van der Waals surface area contributed by atoms with Crippen molar-refractivity contribution < 1.29 is 4.79 Å². The summed E-state index contributed by atoms with van der Waals surface area (Å²) in [5, 5.41) is 2.97. The Labute approximate surface area is 102 Å². The quantitative estimate of drug-likeness (QED) is 0.810. The van der Waals surface area contributed by atoms with Crippen LogP contribution in [-0.2, 0) is 17.8 Å². The Morgan fingerprint density at radius 1 is 1.29 bits per heavy atom. The van der Waals surface area contributed by atoms with Crippen LogP contribution in [0.15, 0.2) is 24.3 Å². The van der Waals surface area contributed by atoms with Crippen molar-refractivity contribution in [1.82, 2.24) is 5.32 Å². The molecule has 1 aromatic carbocycles. The van der Waals surface area contributed by atoms with Gasteiger partial charge in [-0.05, 0) is 30.4 Å². The van der Waals surface area contributed by atoms with Crippen molar-refractivity contribution in [3.8, 4) is 0 Å². The zero-order chi connectivity index (χ0) is 12.3. The maximum atomic E-state index is 11.9. The SMILES string of the molecule is CCc1ccc(CNC(=O)C2(CN)CC2)cc1. The van der Waals surface area contributed by atoms with Crippen LogP contribution >= 0.6 is 0 Å². The molecule has 1 fully saturated rings. The van der Waals surface area contributed by atoms with Crippen molar-refractivity contribution >= 4 is 5.91 Å². The van der Waals surface area contributed by atoms with E-state index in [1.165, 1.54) is 5.56 Å². The van der Waals surface area contributed by atoms with Gasteiger partial charge in [0.1, 0.15) is 0 Å². The maximum Gasteiger partial charge on any atom is 0.227 e. The summed E-state index contributed by atoms with van der Waals surface area (Å²) in [5.74, 6) is 0.111. The molecule has 3 N–H and O–H groups in total. The van der Waals surface area contributed by atoms with Crippen LogP contribution in [0.4, 0.5) is 0 Å². The fraction of sp³-hybridized carbons (Fsp3) is 0.500. The predicted molar refractivity (Wildman–Crippen MR) is 68.4 cm³/mol. The molecule has 1 aliphatic rings. The number of carbonyl (C=O) groups is 1. The van der Waals surface area contributed by atoms with Crippen molar-refractivity contribution in [3.05, 3.63) is 35.4 Å². The average Bonchev–Trinajstić information content (AvgIpc) is 3.17. The van der Waals surface area contributed by atoms with Gasteiger partial charge in [-0.25, -0.2) is 0 Å². The van der Waals surface area contributed by atoms with E-state index in [1.54, 1.807) is 0 Å². The van der Waals surface area contributed by atoms with Crippen molar-refractivity contribution in [2.24, 2.45) is 11.1 Å². The molecule has 1 amide bonds. The Morgan fingerprint density at radius 2 is 1.88 bits per heavy atom. The Bertz CT molecular complexity index is 393. The molecule has 0 unspecified atom stereocenters. The number of hydrogen-bond donors (Lipinski definition) is 2. The first-order valence-electron chi connectivity index (χ1n) is 6.26. The fourth-order valence-electron chi connectivity index (χ4n) is 1.94. The van der Waals surface area contributed by atoms with Gasteiger partial charge in [0.15, 0.2) is 0 Å². The third-order valence-corrected chi connectivity index (χ3v) is 3.61. The van der Waals surface area contributed by atoms with Gasteiger partial charge in [-0.15, -0.1) is 0 Å². The molecule has 0 aliphatic heterocycles. The second kappa shape index (κ2) is 4.88. The molecule has 0 heterocycles. The molecule has 92 valence electrons. The first-order valence-corrected chi connectivity index (χ1v) is 6.26. The second-order valence-electron chi connectivity index (χ2n) is 4.84. The van der Waals surface area contributed by atoms with Crippen LogP contribution in [-0.4, -0.2) is 12.5 Å². The number of nitrogens with two attached hydrogens (primary N) is 1. The van der Waals surface area contributed by atoms with E-state index in [0.717, 1.165) is 24.8 Å². The predicted octanol–water partition coefficient (Wildman–Crippen LogP) is 1.60. The number of nitrogens with one attached hydrogen (secondary N) is 1. The van der Waals surface area contributed by atoms with Crippen LogP contribution in [0.3, 0.4) is 0 Å². The third-order valence-electron chi connectivity index (χ3n) is 3.61. The molecule has 3 nitrogen and oxygen atoms in total. The van der Waals surface area contributed by atoms with E-state index in [2.05, 4.69) is 36.5 Å². The lowest BCUT2D eigenvalue weighted by molar-refractivity contribution is -0.126. The van der Waals surface area contributed by atoms with E-state index >= 15 is 0 Å². The first-order chi connectivity index (χ1) is 8.20. The molecule has 0 bridgehead atoms. The molecule has 0 aromatic heterocycles. The fourth-order valence-corrected chi connectivity index (χ4v) is 1.94. The van der Waals surface area contributed by atoms with E-state index < -0.39 is 0 Å². The van der Waals surface area contributed by atoms with E-state index in [9.17, 15) is 4.79 Å². The molecule has 2 rings (SSSR count). The average molecular weight is 232 g/mol. The van der Waals surface area contributed by atoms with Gasteiger partial charge in [0.25, 0.3) is 0 Å². The van der Waals surface area contributed by atoms with Crippen LogP contribution in [0, 0.1) is 5.41 Å². The Morgan fingerprint density at radius 3 is 2.35 bits per heavy atom. The molecular formula is C14H20N2O. The number of aryl methyl sites for hydroxylation is 1. The molecule has 17 heavy (non-hydrogen) atoms. The van der Waals surface area contributed by atoms with Crippen molar-refractivity contribution in [2.45, 2.75) is 32.7 Å². The minimum Gasteiger partial charge on any atom is -0.352 e. The second-order valence-corrected chi connectivity index (χ2v) is 4.84. The summed E-state index contributed by atoms with van der Waals surface area (Å²) in [6, 6.07) is 8.36. The lowest BCUT2D eigenvalue weighted by Gasteiger charge is -2.12.